The van der Waals surface area contributed by atoms with E-state index in [0.717, 1.165) is 22.6 Å². The molecule has 4 aromatic rings. The van der Waals surface area contributed by atoms with E-state index in [1.54, 1.807) is 60.7 Å². The Kier molecular flexibility index (Phi) is 18.6. The largest absolute Gasteiger partial charge is 0.505 e. The summed E-state index contributed by atoms with van der Waals surface area (Å²) in [5.41, 5.74) is 0.614. The van der Waals surface area contributed by atoms with Gasteiger partial charge in [-0.3, -0.25) is 43.3 Å². The molecule has 2 aromatic carbocycles. The van der Waals surface area contributed by atoms with E-state index < -0.39 is 144 Å². The van der Waals surface area contributed by atoms with Gasteiger partial charge in [-0.2, -0.15) is 0 Å². The fraction of sp³-hybridized carbons (Fsp3) is 0.491. The van der Waals surface area contributed by atoms with Gasteiger partial charge in [-0.05, 0) is 88.5 Å². The van der Waals surface area contributed by atoms with Crippen LogP contribution in [0.3, 0.4) is 0 Å². The molecule has 4 aliphatic rings. The summed E-state index contributed by atoms with van der Waals surface area (Å²) in [6, 6.07) is 3.37. The Hall–Kier alpha value is -8.57. The molecule has 8 amide bonds. The molecule has 2 aromatic heterocycles. The van der Waals surface area contributed by atoms with E-state index in [1.165, 1.54) is 64.1 Å². The Bertz CT molecular complexity index is 3120. The lowest BCUT2D eigenvalue weighted by atomic mass is 9.95. The van der Waals surface area contributed by atoms with Crippen LogP contribution in [0.25, 0.3) is 21.9 Å². The molecule has 430 valence electrons. The number of carbonyl (C=O) groups is 10. The average molecular weight is 1120 g/mol. The van der Waals surface area contributed by atoms with Crippen LogP contribution in [0.15, 0.2) is 72.9 Å². The second-order valence-corrected chi connectivity index (χ2v) is 21.3. The van der Waals surface area contributed by atoms with Crippen LogP contribution < -0.4 is 21.3 Å². The molecule has 24 nitrogen and oxygen atoms in total. The van der Waals surface area contributed by atoms with E-state index in [2.05, 4.69) is 36.2 Å². The zero-order valence-corrected chi connectivity index (χ0v) is 46.2. The van der Waals surface area contributed by atoms with Crippen LogP contribution >= 0.6 is 0 Å². The van der Waals surface area contributed by atoms with Gasteiger partial charge in [0, 0.05) is 33.6 Å². The minimum absolute atomic E-state index is 0.171. The number of pyridine rings is 1. The third-order valence-electron chi connectivity index (χ3n) is 15.9. The highest BCUT2D eigenvalue weighted by Crippen LogP contribution is 2.33. The van der Waals surface area contributed by atoms with Gasteiger partial charge < -0.3 is 55.4 Å². The highest BCUT2D eigenvalue weighted by molar-refractivity contribution is 6.02. The smallest absolute Gasteiger partial charge is 0.329 e. The molecular formula is C57H69N11O13. The van der Waals surface area contributed by atoms with Crippen molar-refractivity contribution in [2.24, 2.45) is 11.8 Å². The molecule has 0 spiro atoms. The highest BCUT2D eigenvalue weighted by Gasteiger charge is 2.44. The van der Waals surface area contributed by atoms with Gasteiger partial charge in [0.05, 0.1) is 22.7 Å². The second kappa shape index (κ2) is 25.7. The number of amides is 8. The Morgan fingerprint density at radius 1 is 0.580 bits per heavy atom. The summed E-state index contributed by atoms with van der Waals surface area (Å²) >= 11 is 0. The lowest BCUT2D eigenvalue weighted by Crippen LogP contribution is -2.60. The van der Waals surface area contributed by atoms with Crippen molar-refractivity contribution in [3.05, 3.63) is 84.3 Å². The number of fused-ring (bicyclic) bond motifs is 6. The fourth-order valence-electron chi connectivity index (χ4n) is 11.3. The first-order valence-electron chi connectivity index (χ1n) is 27.3. The number of ether oxygens (including phenoxy) is 2. The number of nitrogens with one attached hydrogen (secondary N) is 4. The Balaban J connectivity index is 1.18. The minimum Gasteiger partial charge on any atom is -0.505 e. The maximum absolute atomic E-state index is 15.1. The summed E-state index contributed by atoms with van der Waals surface area (Å²) < 4.78 is 11.7. The molecule has 2 saturated carbocycles. The van der Waals surface area contributed by atoms with Crippen molar-refractivity contribution >= 4 is 81.1 Å². The Labute approximate surface area is 467 Å². The molecule has 8 atom stereocenters. The predicted molar refractivity (Wildman–Crippen MR) is 291 cm³/mol. The molecule has 8 rings (SSSR count). The molecule has 0 radical (unpaired) electrons. The van der Waals surface area contributed by atoms with Crippen molar-refractivity contribution in [2.75, 3.05) is 41.4 Å². The fourth-order valence-corrected chi connectivity index (χ4v) is 11.3. The highest BCUT2D eigenvalue weighted by atomic mass is 16.5. The molecule has 4 heterocycles. The monoisotopic (exact) mass is 1120 g/mol. The SMILES string of the molecule is CC1NC(=O)C(NC(=O)c2cnc3ccccc3n2)COC(=O)C(C2CCCC2)N(C)C(=O)[C@@H]2C/C=C\C[C@@H](C(=O)N(C)C(C3CCCC3)C(=O)OCC(NC(=O)c3nc4ccccc4cc3O)C(=O)NC(C)C(=O)N2C)N(C)C1=O. The standard InChI is InChI=1S/C57H69N11O13/c1-31-52(74)65(3)42-25-15-16-26-43(54(76)67(5)46(33-17-7-8-18-33)56(78)80-29-40(49(71)59-31)63-48(70)39-28-58-37-23-13-14-24-38(37)61-39)66(4)53(75)32(2)60-50(72)41(30-81-57(79)47(68(6)55(42)77)34-19-9-10-20-34)64-51(73)45-44(69)27-35-21-11-12-22-36(35)62-45/h11-16,21-24,27-28,31-34,40-43,46-47,69H,7-10,17-20,25-26,29-30H2,1-6H3,(H,59,71)(H,60,72)(H,63,70)(H,64,73)/b16-15-/t31?,32?,40?,41?,42-,43-,46?,47?/m0/s1. The molecule has 2 bridgehead atoms. The average Bonchev–Trinajstić information content (AvgIpc) is 4.22. The van der Waals surface area contributed by atoms with Crippen molar-refractivity contribution in [2.45, 2.75) is 126 Å². The van der Waals surface area contributed by atoms with Crippen molar-refractivity contribution in [1.82, 2.24) is 55.8 Å². The van der Waals surface area contributed by atoms with Crippen molar-refractivity contribution in [3.63, 3.8) is 0 Å². The number of hydrogen-bond donors (Lipinski definition) is 5. The molecule has 2 aliphatic heterocycles. The number of aromatic nitrogens is 3. The van der Waals surface area contributed by atoms with E-state index in [4.69, 9.17) is 9.47 Å². The number of hydrogen-bond acceptors (Lipinski definition) is 16. The first-order chi connectivity index (χ1) is 38.7. The number of rotatable bonds is 6. The van der Waals surface area contributed by atoms with Crippen LogP contribution in [0.1, 0.15) is 99.0 Å². The maximum Gasteiger partial charge on any atom is 0.329 e. The lowest BCUT2D eigenvalue weighted by Gasteiger charge is -2.37. The molecule has 6 unspecified atom stereocenters. The van der Waals surface area contributed by atoms with Crippen LogP contribution in [0, 0.1) is 11.8 Å². The normalized spacial score (nSPS) is 26.4. The van der Waals surface area contributed by atoms with E-state index >= 15 is 9.59 Å². The molecule has 5 N–H and O–H groups in total. The number of esters is 2. The number of likely N-dealkylation sites (N-methyl/N-ethyl adjacent to an activating group) is 4. The number of cyclic esters (lactones) is 2. The van der Waals surface area contributed by atoms with Crippen LogP contribution in [-0.4, -0.2) is 189 Å². The van der Waals surface area contributed by atoms with Crippen molar-refractivity contribution in [1.29, 1.82) is 0 Å². The summed E-state index contributed by atoms with van der Waals surface area (Å²) in [6.45, 7) is 1.13. The van der Waals surface area contributed by atoms with Crippen LogP contribution in [0.5, 0.6) is 5.75 Å². The summed E-state index contributed by atoms with van der Waals surface area (Å²) in [5, 5.41) is 21.7. The minimum atomic E-state index is -1.73. The Morgan fingerprint density at radius 2 is 1.02 bits per heavy atom. The van der Waals surface area contributed by atoms with E-state index in [-0.39, 0.29) is 18.5 Å². The molecule has 24 heteroatoms. The van der Waals surface area contributed by atoms with Gasteiger partial charge in [0.2, 0.25) is 35.4 Å². The third kappa shape index (κ3) is 13.2. The lowest BCUT2D eigenvalue weighted by molar-refractivity contribution is -0.161. The third-order valence-corrected chi connectivity index (χ3v) is 15.9. The molecule has 0 saturated heterocycles. The molecule has 2 fully saturated rings. The zero-order chi connectivity index (χ0) is 58.2. The van der Waals surface area contributed by atoms with Crippen LogP contribution in [0.4, 0.5) is 0 Å². The summed E-state index contributed by atoms with van der Waals surface area (Å²) in [7, 11) is 5.47. The van der Waals surface area contributed by atoms with Crippen molar-refractivity contribution < 1.29 is 62.5 Å². The van der Waals surface area contributed by atoms with E-state index in [1.807, 2.05) is 0 Å². The van der Waals surface area contributed by atoms with Gasteiger partial charge in [0.1, 0.15) is 73.0 Å². The quantitative estimate of drug-likeness (QED) is 0.136. The molecular weight excluding hydrogens is 1050 g/mol. The van der Waals surface area contributed by atoms with Gasteiger partial charge in [0.25, 0.3) is 11.8 Å². The first kappa shape index (κ1) is 58.6. The second-order valence-electron chi connectivity index (χ2n) is 21.3. The Morgan fingerprint density at radius 3 is 1.52 bits per heavy atom. The predicted octanol–water partition coefficient (Wildman–Crippen LogP) is 1.93. The summed E-state index contributed by atoms with van der Waals surface area (Å²) in [4.78, 5) is 163. The van der Waals surface area contributed by atoms with Gasteiger partial charge in [-0.1, -0.05) is 68.2 Å². The topological polar surface area (TPSA) is 309 Å². The van der Waals surface area contributed by atoms with Crippen LogP contribution in [-0.2, 0) is 47.8 Å². The van der Waals surface area contributed by atoms with Gasteiger partial charge in [-0.25, -0.2) is 19.6 Å². The number of para-hydroxylation sites is 3. The summed E-state index contributed by atoms with van der Waals surface area (Å²) in [5.74, 6) is -10.1. The van der Waals surface area contributed by atoms with Crippen molar-refractivity contribution in [3.8, 4) is 5.75 Å². The number of carbonyl (C=O) groups excluding carboxylic acids is 10. The maximum atomic E-state index is 15.1. The number of nitrogens with zero attached hydrogens (tertiary/aromatic N) is 7. The molecule has 81 heavy (non-hydrogen) atoms. The molecule has 2 aliphatic carbocycles. The van der Waals surface area contributed by atoms with E-state index in [0.29, 0.717) is 60.5 Å². The van der Waals surface area contributed by atoms with E-state index in [9.17, 15) is 43.5 Å². The first-order valence-corrected chi connectivity index (χ1v) is 27.3. The number of benzene rings is 2. The van der Waals surface area contributed by atoms with Gasteiger partial charge in [0.15, 0.2) is 5.69 Å². The van der Waals surface area contributed by atoms with Crippen LogP contribution in [0.2, 0.25) is 0 Å². The van der Waals surface area contributed by atoms with Gasteiger partial charge >= 0.3 is 11.9 Å². The van der Waals surface area contributed by atoms with Gasteiger partial charge in [-0.15, -0.1) is 0 Å². The zero-order valence-electron chi connectivity index (χ0n) is 46.2. The summed E-state index contributed by atoms with van der Waals surface area (Å²) in [6.07, 6.45) is 8.85. The number of aromatic hydroxyl groups is 1.